The first-order valence-electron chi connectivity index (χ1n) is 10.3. The number of phenols is 1. The van der Waals surface area contributed by atoms with Crippen LogP contribution < -0.4 is 4.74 Å². The number of fused-ring (bicyclic) bond motifs is 1. The van der Waals surface area contributed by atoms with Crippen molar-refractivity contribution in [3.05, 3.63) is 71.1 Å². The number of benzene rings is 2. The number of pyridine rings is 1. The maximum absolute atomic E-state index is 14.7. The van der Waals surface area contributed by atoms with E-state index in [9.17, 15) is 18.7 Å². The Morgan fingerprint density at radius 3 is 2.85 bits per heavy atom. The first kappa shape index (κ1) is 21.3. The Balaban J connectivity index is 1.38. The number of hydrogen-bond donors (Lipinski definition) is 1. The van der Waals surface area contributed by atoms with Gasteiger partial charge in [-0.05, 0) is 30.3 Å². The molecule has 33 heavy (non-hydrogen) atoms. The van der Waals surface area contributed by atoms with Gasteiger partial charge in [0.2, 0.25) is 5.88 Å². The molecule has 3 heterocycles. The summed E-state index contributed by atoms with van der Waals surface area (Å²) in [5, 5.41) is 13.0. The van der Waals surface area contributed by atoms with Gasteiger partial charge in [0.05, 0.1) is 28.8 Å². The third-order valence-electron chi connectivity index (χ3n) is 5.65. The van der Waals surface area contributed by atoms with Crippen LogP contribution in [-0.2, 0) is 0 Å². The molecule has 5 rings (SSSR count). The van der Waals surface area contributed by atoms with E-state index in [1.807, 2.05) is 17.5 Å². The molecule has 0 saturated carbocycles. The summed E-state index contributed by atoms with van der Waals surface area (Å²) in [5.74, 6) is -3.82. The van der Waals surface area contributed by atoms with E-state index < -0.39 is 24.4 Å². The van der Waals surface area contributed by atoms with Crippen molar-refractivity contribution in [3.63, 3.8) is 0 Å². The Bertz CT molecular complexity index is 1310. The molecule has 6 nitrogen and oxygen atoms in total. The maximum atomic E-state index is 14.7. The summed E-state index contributed by atoms with van der Waals surface area (Å²) >= 11 is 1.41. The van der Waals surface area contributed by atoms with Crippen molar-refractivity contribution in [2.24, 2.45) is 0 Å². The highest BCUT2D eigenvalue weighted by molar-refractivity contribution is 7.07. The Hall–Kier alpha value is -3.59. The van der Waals surface area contributed by atoms with Gasteiger partial charge in [0, 0.05) is 35.4 Å². The van der Waals surface area contributed by atoms with Gasteiger partial charge in [-0.1, -0.05) is 18.2 Å². The van der Waals surface area contributed by atoms with E-state index in [0.717, 1.165) is 5.39 Å². The highest BCUT2D eigenvalue weighted by atomic mass is 32.1. The number of nitrogens with zero attached hydrogens (tertiary/aromatic N) is 3. The molecule has 2 aromatic heterocycles. The van der Waals surface area contributed by atoms with Crippen LogP contribution in [0, 0.1) is 0 Å². The average Bonchev–Trinajstić information content (AvgIpc) is 3.35. The van der Waals surface area contributed by atoms with Crippen molar-refractivity contribution in [1.82, 2.24) is 14.9 Å². The molecule has 0 aliphatic carbocycles. The van der Waals surface area contributed by atoms with E-state index >= 15 is 0 Å². The lowest BCUT2D eigenvalue weighted by Gasteiger charge is -2.38. The van der Waals surface area contributed by atoms with Gasteiger partial charge in [-0.15, -0.1) is 11.3 Å². The molecule has 1 atom stereocenters. The molecule has 4 aromatic rings. The minimum absolute atomic E-state index is 0.0355. The number of carbonyl (C=O) groups is 1. The topological polar surface area (TPSA) is 75.5 Å². The Morgan fingerprint density at radius 1 is 1.18 bits per heavy atom. The van der Waals surface area contributed by atoms with Crippen molar-refractivity contribution >= 4 is 28.1 Å². The number of ether oxygens (including phenoxy) is 1. The number of piperidine rings is 1. The fourth-order valence-electron chi connectivity index (χ4n) is 3.83. The summed E-state index contributed by atoms with van der Waals surface area (Å²) in [4.78, 5) is 23.0. The predicted octanol–water partition coefficient (Wildman–Crippen LogP) is 4.99. The summed E-state index contributed by atoms with van der Waals surface area (Å²) in [6, 6.07) is 15.2. The van der Waals surface area contributed by atoms with Crippen molar-refractivity contribution < 1.29 is 23.4 Å². The van der Waals surface area contributed by atoms with Crippen LogP contribution in [0.2, 0.25) is 0 Å². The largest absolute Gasteiger partial charge is 0.507 e. The van der Waals surface area contributed by atoms with Gasteiger partial charge in [-0.25, -0.2) is 18.7 Å². The summed E-state index contributed by atoms with van der Waals surface area (Å²) in [6.45, 7) is -0.488. The maximum Gasteiger partial charge on any atom is 0.287 e. The highest BCUT2D eigenvalue weighted by Gasteiger charge is 2.47. The SMILES string of the molecule is O=C(c1cc(-c2cscn2)ccc1O)N1CCC(F)(F)C(Oc2ccc3ccccc3n2)C1. The Morgan fingerprint density at radius 2 is 2.03 bits per heavy atom. The van der Waals surface area contributed by atoms with E-state index in [-0.39, 0.29) is 30.3 Å². The lowest BCUT2D eigenvalue weighted by molar-refractivity contribution is -0.131. The van der Waals surface area contributed by atoms with Crippen LogP contribution >= 0.6 is 11.3 Å². The summed E-state index contributed by atoms with van der Waals surface area (Å²) in [6.07, 6.45) is -2.11. The van der Waals surface area contributed by atoms with E-state index in [2.05, 4.69) is 9.97 Å². The van der Waals surface area contributed by atoms with Gasteiger partial charge < -0.3 is 14.7 Å². The molecule has 1 amide bonds. The number of likely N-dealkylation sites (tertiary alicyclic amines) is 1. The number of halogens is 2. The molecule has 0 bridgehead atoms. The van der Waals surface area contributed by atoms with Crippen molar-refractivity contribution in [2.75, 3.05) is 13.1 Å². The third-order valence-corrected chi connectivity index (χ3v) is 6.24. The smallest absolute Gasteiger partial charge is 0.287 e. The van der Waals surface area contributed by atoms with Crippen LogP contribution in [0.15, 0.2) is 65.5 Å². The van der Waals surface area contributed by atoms with Crippen LogP contribution in [0.25, 0.3) is 22.2 Å². The molecule has 168 valence electrons. The normalized spacial score (nSPS) is 17.8. The lowest BCUT2D eigenvalue weighted by atomic mass is 10.0. The molecule has 2 aromatic carbocycles. The number of aromatic nitrogens is 2. The van der Waals surface area contributed by atoms with Crippen LogP contribution in [0.4, 0.5) is 8.78 Å². The molecular formula is C24H19F2N3O3S. The van der Waals surface area contributed by atoms with Gasteiger partial charge in [0.1, 0.15) is 5.75 Å². The fourth-order valence-corrected chi connectivity index (χ4v) is 4.39. The van der Waals surface area contributed by atoms with E-state index in [1.165, 1.54) is 28.4 Å². The van der Waals surface area contributed by atoms with Crippen molar-refractivity contribution in [3.8, 4) is 22.9 Å². The highest BCUT2D eigenvalue weighted by Crippen LogP contribution is 2.34. The van der Waals surface area contributed by atoms with Gasteiger partial charge in [-0.2, -0.15) is 0 Å². The molecule has 1 N–H and O–H groups in total. The van der Waals surface area contributed by atoms with Crippen LogP contribution in [0.5, 0.6) is 11.6 Å². The van der Waals surface area contributed by atoms with E-state index in [4.69, 9.17) is 4.74 Å². The number of aromatic hydroxyl groups is 1. The Labute approximate surface area is 192 Å². The number of thiazole rings is 1. The number of para-hydroxylation sites is 1. The summed E-state index contributed by atoms with van der Waals surface area (Å²) < 4.78 is 35.0. The van der Waals surface area contributed by atoms with Gasteiger partial charge in [-0.3, -0.25) is 4.79 Å². The minimum Gasteiger partial charge on any atom is -0.507 e. The van der Waals surface area contributed by atoms with E-state index in [0.29, 0.717) is 16.8 Å². The first-order valence-corrected chi connectivity index (χ1v) is 11.3. The second-order valence-corrected chi connectivity index (χ2v) is 8.54. The second kappa shape index (κ2) is 8.40. The third kappa shape index (κ3) is 4.23. The zero-order chi connectivity index (χ0) is 23.0. The Kier molecular flexibility index (Phi) is 5.41. The molecule has 1 saturated heterocycles. The van der Waals surface area contributed by atoms with E-state index in [1.54, 1.807) is 35.8 Å². The number of rotatable bonds is 4. The number of phenolic OH excluding ortho intramolecular Hbond substituents is 1. The van der Waals surface area contributed by atoms with Crippen LogP contribution in [-0.4, -0.2) is 51.0 Å². The molecule has 0 spiro atoms. The molecule has 1 aliphatic rings. The average molecular weight is 467 g/mol. The molecule has 0 radical (unpaired) electrons. The van der Waals surface area contributed by atoms with Gasteiger partial charge >= 0.3 is 0 Å². The van der Waals surface area contributed by atoms with Crippen LogP contribution in [0.1, 0.15) is 16.8 Å². The second-order valence-electron chi connectivity index (χ2n) is 7.82. The lowest BCUT2D eigenvalue weighted by Crippen LogP contribution is -2.55. The number of alkyl halides is 2. The molecule has 1 aliphatic heterocycles. The molecule has 1 unspecified atom stereocenters. The number of amides is 1. The van der Waals surface area contributed by atoms with Crippen molar-refractivity contribution in [1.29, 1.82) is 0 Å². The molecular weight excluding hydrogens is 448 g/mol. The number of carbonyl (C=O) groups excluding carboxylic acids is 1. The zero-order valence-corrected chi connectivity index (χ0v) is 18.1. The number of hydrogen-bond acceptors (Lipinski definition) is 6. The first-order chi connectivity index (χ1) is 15.9. The van der Waals surface area contributed by atoms with Gasteiger partial charge in [0.25, 0.3) is 11.8 Å². The predicted molar refractivity (Wildman–Crippen MR) is 121 cm³/mol. The summed E-state index contributed by atoms with van der Waals surface area (Å²) in [7, 11) is 0. The zero-order valence-electron chi connectivity index (χ0n) is 17.3. The quantitative estimate of drug-likeness (QED) is 0.458. The fraction of sp³-hybridized carbons (Fsp3) is 0.208. The monoisotopic (exact) mass is 467 g/mol. The molecule has 1 fully saturated rings. The van der Waals surface area contributed by atoms with Crippen molar-refractivity contribution in [2.45, 2.75) is 18.4 Å². The van der Waals surface area contributed by atoms with Crippen LogP contribution in [0.3, 0.4) is 0 Å². The van der Waals surface area contributed by atoms with Gasteiger partial charge in [0.15, 0.2) is 6.10 Å². The molecule has 9 heteroatoms. The standard InChI is InChI=1S/C24H19F2N3O3S/c25-24(26)9-10-29(12-21(24)32-22-8-6-15-3-1-2-4-18(15)28-22)23(31)17-11-16(5-7-20(17)30)19-13-33-14-27-19/h1-8,11,13-14,21,30H,9-10,12H2. The summed E-state index contributed by atoms with van der Waals surface area (Å²) in [5.41, 5.74) is 3.66. The minimum atomic E-state index is -3.13.